The Kier molecular flexibility index (Phi) is 2.75. The van der Waals surface area contributed by atoms with Gasteiger partial charge in [-0.25, -0.2) is 0 Å². The molecule has 0 spiro atoms. The lowest BCUT2D eigenvalue weighted by atomic mass is 10.2. The highest BCUT2D eigenvalue weighted by molar-refractivity contribution is 5.92. The van der Waals surface area contributed by atoms with Crippen molar-refractivity contribution in [1.29, 1.82) is 0 Å². The van der Waals surface area contributed by atoms with Crippen molar-refractivity contribution in [3.05, 3.63) is 11.8 Å². The summed E-state index contributed by atoms with van der Waals surface area (Å²) < 4.78 is 0. The van der Waals surface area contributed by atoms with Crippen molar-refractivity contribution >= 4 is 11.7 Å². The van der Waals surface area contributed by atoms with Gasteiger partial charge in [0.05, 0.1) is 0 Å². The van der Waals surface area contributed by atoms with Gasteiger partial charge in [0.15, 0.2) is 5.78 Å². The summed E-state index contributed by atoms with van der Waals surface area (Å²) in [6.45, 7) is 4.88. The number of rotatable bonds is 1. The molecule has 0 radical (unpaired) electrons. The fourth-order valence-corrected chi connectivity index (χ4v) is 2.14. The van der Waals surface area contributed by atoms with Crippen LogP contribution in [0.2, 0.25) is 0 Å². The van der Waals surface area contributed by atoms with Crippen molar-refractivity contribution in [2.45, 2.75) is 19.8 Å². The summed E-state index contributed by atoms with van der Waals surface area (Å²) in [5, 5.41) is 0. The van der Waals surface area contributed by atoms with E-state index in [1.165, 1.54) is 0 Å². The maximum Gasteiger partial charge on any atom is 0.219 e. The lowest BCUT2D eigenvalue weighted by Gasteiger charge is -2.36. The maximum atomic E-state index is 11.1. The van der Waals surface area contributed by atoms with Gasteiger partial charge < -0.3 is 9.80 Å². The van der Waals surface area contributed by atoms with Gasteiger partial charge in [0.2, 0.25) is 5.91 Å². The molecule has 0 bridgehead atoms. The molecule has 0 aromatic carbocycles. The molecule has 0 N–H and O–H groups in total. The minimum absolute atomic E-state index is 0.145. The maximum absolute atomic E-state index is 11.1. The van der Waals surface area contributed by atoms with Crippen molar-refractivity contribution in [2.24, 2.45) is 0 Å². The number of carbonyl (C=O) groups excluding carboxylic acids is 2. The predicted octanol–water partition coefficient (Wildman–Crippen LogP) is 0.397. The lowest BCUT2D eigenvalue weighted by Crippen LogP contribution is -2.47. The molecule has 0 aromatic heterocycles. The molecule has 0 aromatic rings. The average molecular weight is 208 g/mol. The Morgan fingerprint density at radius 1 is 1.20 bits per heavy atom. The zero-order valence-electron chi connectivity index (χ0n) is 9.03. The van der Waals surface area contributed by atoms with Crippen LogP contribution in [0.15, 0.2) is 11.8 Å². The molecule has 0 unspecified atom stereocenters. The van der Waals surface area contributed by atoms with E-state index in [2.05, 4.69) is 4.90 Å². The van der Waals surface area contributed by atoms with Gasteiger partial charge in [0.1, 0.15) is 0 Å². The Hall–Kier alpha value is -1.32. The van der Waals surface area contributed by atoms with Crippen LogP contribution in [0.25, 0.3) is 0 Å². The first-order valence-electron chi connectivity index (χ1n) is 5.40. The average Bonchev–Trinajstić information content (AvgIpc) is 2.65. The predicted molar refractivity (Wildman–Crippen MR) is 56.2 cm³/mol. The van der Waals surface area contributed by atoms with Crippen molar-refractivity contribution in [3.63, 3.8) is 0 Å². The Labute approximate surface area is 89.5 Å². The van der Waals surface area contributed by atoms with Crippen molar-refractivity contribution in [2.75, 3.05) is 26.2 Å². The largest absolute Gasteiger partial charge is 0.371 e. The number of hydrogen-bond donors (Lipinski definition) is 0. The van der Waals surface area contributed by atoms with E-state index in [1.54, 1.807) is 13.0 Å². The summed E-state index contributed by atoms with van der Waals surface area (Å²) in [5.41, 5.74) is 1.16. The number of piperazine rings is 1. The van der Waals surface area contributed by atoms with E-state index in [-0.39, 0.29) is 11.7 Å². The molecule has 2 rings (SSSR count). The first-order valence-corrected chi connectivity index (χ1v) is 5.40. The summed E-state index contributed by atoms with van der Waals surface area (Å²) in [6.07, 6.45) is 3.28. The van der Waals surface area contributed by atoms with E-state index in [1.807, 2.05) is 4.90 Å². The van der Waals surface area contributed by atoms with Gasteiger partial charge in [-0.15, -0.1) is 0 Å². The molecule has 1 amide bonds. The summed E-state index contributed by atoms with van der Waals surface area (Å²) in [7, 11) is 0. The lowest BCUT2D eigenvalue weighted by molar-refractivity contribution is -0.130. The van der Waals surface area contributed by atoms with Gasteiger partial charge in [-0.1, -0.05) is 0 Å². The minimum Gasteiger partial charge on any atom is -0.371 e. The van der Waals surface area contributed by atoms with E-state index < -0.39 is 0 Å². The second kappa shape index (κ2) is 4.04. The zero-order chi connectivity index (χ0) is 10.8. The standard InChI is InChI=1S/C11H16N2O2/c1-9(14)12-4-6-13(7-5-12)10-2-3-11(15)8-10/h8H,2-7H2,1H3. The van der Waals surface area contributed by atoms with Gasteiger partial charge in [0.25, 0.3) is 0 Å². The summed E-state index contributed by atoms with van der Waals surface area (Å²) >= 11 is 0. The van der Waals surface area contributed by atoms with Crippen molar-refractivity contribution < 1.29 is 9.59 Å². The van der Waals surface area contributed by atoms with E-state index in [0.717, 1.165) is 38.3 Å². The molecule has 2 aliphatic rings. The van der Waals surface area contributed by atoms with Crippen LogP contribution in [0, 0.1) is 0 Å². The van der Waals surface area contributed by atoms with E-state index in [9.17, 15) is 9.59 Å². The molecule has 0 saturated carbocycles. The highest BCUT2D eigenvalue weighted by Gasteiger charge is 2.23. The topological polar surface area (TPSA) is 40.6 Å². The molecule has 4 heteroatoms. The third kappa shape index (κ3) is 2.19. The van der Waals surface area contributed by atoms with E-state index in [4.69, 9.17) is 0 Å². The number of hydrogen-bond acceptors (Lipinski definition) is 3. The molecule has 0 atom stereocenters. The van der Waals surface area contributed by atoms with Gasteiger partial charge >= 0.3 is 0 Å². The summed E-state index contributed by atoms with van der Waals surface area (Å²) in [5.74, 6) is 0.380. The third-order valence-electron chi connectivity index (χ3n) is 3.09. The smallest absolute Gasteiger partial charge is 0.219 e. The van der Waals surface area contributed by atoms with Crippen LogP contribution in [0.4, 0.5) is 0 Å². The van der Waals surface area contributed by atoms with Crippen LogP contribution in [0.3, 0.4) is 0 Å². The molecule has 1 heterocycles. The molecular weight excluding hydrogens is 192 g/mol. The number of allylic oxidation sites excluding steroid dienone is 2. The number of amides is 1. The van der Waals surface area contributed by atoms with Crippen LogP contribution in [-0.2, 0) is 9.59 Å². The Morgan fingerprint density at radius 2 is 1.87 bits per heavy atom. The fraction of sp³-hybridized carbons (Fsp3) is 0.636. The normalized spacial score (nSPS) is 21.9. The number of ketones is 1. The first-order chi connectivity index (χ1) is 7.16. The fourth-order valence-electron chi connectivity index (χ4n) is 2.14. The van der Waals surface area contributed by atoms with E-state index in [0.29, 0.717) is 6.42 Å². The molecule has 15 heavy (non-hydrogen) atoms. The van der Waals surface area contributed by atoms with Crippen LogP contribution in [0.1, 0.15) is 19.8 Å². The molecule has 82 valence electrons. The van der Waals surface area contributed by atoms with Crippen LogP contribution in [-0.4, -0.2) is 47.7 Å². The molecule has 4 nitrogen and oxygen atoms in total. The Bertz CT molecular complexity index is 315. The number of nitrogens with zero attached hydrogens (tertiary/aromatic N) is 2. The van der Waals surface area contributed by atoms with E-state index >= 15 is 0 Å². The minimum atomic E-state index is 0.145. The van der Waals surface area contributed by atoms with Crippen LogP contribution < -0.4 is 0 Å². The highest BCUT2D eigenvalue weighted by atomic mass is 16.2. The zero-order valence-corrected chi connectivity index (χ0v) is 9.03. The molecule has 1 fully saturated rings. The first kappa shape index (κ1) is 10.2. The Balaban J connectivity index is 1.91. The second-order valence-electron chi connectivity index (χ2n) is 4.10. The summed E-state index contributed by atoms with van der Waals surface area (Å²) in [4.78, 5) is 26.3. The Morgan fingerprint density at radius 3 is 2.33 bits per heavy atom. The molecule has 1 aliphatic carbocycles. The second-order valence-corrected chi connectivity index (χ2v) is 4.10. The quantitative estimate of drug-likeness (QED) is 0.626. The molecule has 1 aliphatic heterocycles. The van der Waals surface area contributed by atoms with Gasteiger partial charge in [-0.05, 0) is 6.42 Å². The van der Waals surface area contributed by atoms with Gasteiger partial charge in [-0.3, -0.25) is 9.59 Å². The van der Waals surface area contributed by atoms with Crippen molar-refractivity contribution in [3.8, 4) is 0 Å². The van der Waals surface area contributed by atoms with Crippen molar-refractivity contribution in [1.82, 2.24) is 9.80 Å². The highest BCUT2D eigenvalue weighted by Crippen LogP contribution is 2.20. The summed E-state index contributed by atoms with van der Waals surface area (Å²) in [6, 6.07) is 0. The third-order valence-corrected chi connectivity index (χ3v) is 3.09. The number of carbonyl (C=O) groups is 2. The van der Waals surface area contributed by atoms with Crippen LogP contribution in [0.5, 0.6) is 0 Å². The van der Waals surface area contributed by atoms with Gasteiger partial charge in [-0.2, -0.15) is 0 Å². The van der Waals surface area contributed by atoms with Gasteiger partial charge in [0, 0.05) is 51.3 Å². The molecule has 1 saturated heterocycles. The van der Waals surface area contributed by atoms with Crippen LogP contribution >= 0.6 is 0 Å². The molecular formula is C11H16N2O2. The SMILES string of the molecule is CC(=O)N1CCN(C2=CC(=O)CC2)CC1. The monoisotopic (exact) mass is 208 g/mol.